The van der Waals surface area contributed by atoms with Crippen molar-refractivity contribution in [3.05, 3.63) is 48.3 Å². The summed E-state index contributed by atoms with van der Waals surface area (Å²) >= 11 is 2.36. The third kappa shape index (κ3) is 6.28. The number of anilines is 3. The first kappa shape index (κ1) is 25.4. The van der Waals surface area contributed by atoms with Crippen molar-refractivity contribution in [3.63, 3.8) is 0 Å². The Morgan fingerprint density at radius 3 is 2.69 bits per heavy atom. The molecule has 1 aliphatic heterocycles. The van der Waals surface area contributed by atoms with Crippen molar-refractivity contribution in [2.45, 2.75) is 28.5 Å². The van der Waals surface area contributed by atoms with Gasteiger partial charge in [-0.3, -0.25) is 4.79 Å². The van der Waals surface area contributed by atoms with Crippen LogP contribution in [0, 0.1) is 5.82 Å². The first-order valence-corrected chi connectivity index (χ1v) is 14.1. The van der Waals surface area contributed by atoms with Crippen LogP contribution in [0.25, 0.3) is 0 Å². The normalized spacial score (nSPS) is 14.5. The molecule has 35 heavy (non-hydrogen) atoms. The summed E-state index contributed by atoms with van der Waals surface area (Å²) in [5.74, 6) is -0.474. The van der Waals surface area contributed by atoms with Crippen LogP contribution in [0.1, 0.15) is 19.3 Å². The minimum atomic E-state index is -3.74. The summed E-state index contributed by atoms with van der Waals surface area (Å²) in [6.45, 7) is 0.933. The van der Waals surface area contributed by atoms with Crippen LogP contribution in [0.3, 0.4) is 0 Å². The molecule has 1 aliphatic rings. The number of methoxy groups -OCH3 is 1. The number of carbonyl (C=O) groups is 1. The molecule has 0 atom stereocenters. The molecule has 13 heteroatoms. The molecule has 3 aromatic rings. The quantitative estimate of drug-likeness (QED) is 0.388. The third-order valence-electron chi connectivity index (χ3n) is 5.23. The molecule has 1 aromatic heterocycles. The lowest BCUT2D eigenvalue weighted by molar-refractivity contribution is -0.113. The fourth-order valence-corrected chi connectivity index (χ4v) is 6.78. The van der Waals surface area contributed by atoms with E-state index in [0.29, 0.717) is 28.2 Å². The van der Waals surface area contributed by atoms with Crippen LogP contribution in [0.5, 0.6) is 5.75 Å². The molecular formula is C22H24FN5O4S3. The van der Waals surface area contributed by atoms with E-state index in [9.17, 15) is 17.6 Å². The summed E-state index contributed by atoms with van der Waals surface area (Å²) in [6, 6.07) is 10.8. The SMILES string of the molecule is COc1ccc(NC(=O)CSc2nnc(Nc3ccccc3F)s2)cc1S(=O)(=O)N1CCCCC1. The zero-order chi connectivity index (χ0) is 24.8. The number of ether oxygens (including phenoxy) is 1. The molecule has 0 radical (unpaired) electrons. The topological polar surface area (TPSA) is 114 Å². The smallest absolute Gasteiger partial charge is 0.246 e. The fourth-order valence-electron chi connectivity index (χ4n) is 3.52. The minimum absolute atomic E-state index is 0.0281. The molecule has 186 valence electrons. The number of hydrogen-bond donors (Lipinski definition) is 2. The largest absolute Gasteiger partial charge is 0.495 e. The van der Waals surface area contributed by atoms with Crippen LogP contribution in [-0.2, 0) is 14.8 Å². The molecule has 0 bridgehead atoms. The molecule has 2 aromatic carbocycles. The van der Waals surface area contributed by atoms with Crippen molar-refractivity contribution < 1.29 is 22.3 Å². The number of para-hydroxylation sites is 1. The number of benzene rings is 2. The molecule has 0 unspecified atom stereocenters. The van der Waals surface area contributed by atoms with E-state index in [2.05, 4.69) is 20.8 Å². The highest BCUT2D eigenvalue weighted by Crippen LogP contribution is 2.32. The number of nitrogens with zero attached hydrogens (tertiary/aromatic N) is 3. The molecule has 9 nitrogen and oxygen atoms in total. The second-order valence-corrected chi connectivity index (χ2v) is 11.8. The van der Waals surface area contributed by atoms with Gasteiger partial charge in [-0.1, -0.05) is 41.7 Å². The Hall–Kier alpha value is -2.74. The lowest BCUT2D eigenvalue weighted by Gasteiger charge is -2.26. The van der Waals surface area contributed by atoms with Crippen molar-refractivity contribution in [2.75, 3.05) is 36.6 Å². The van der Waals surface area contributed by atoms with Crippen LogP contribution >= 0.6 is 23.1 Å². The van der Waals surface area contributed by atoms with Gasteiger partial charge in [-0.25, -0.2) is 12.8 Å². The average molecular weight is 538 g/mol. The van der Waals surface area contributed by atoms with Gasteiger partial charge >= 0.3 is 0 Å². The molecule has 4 rings (SSSR count). The maximum Gasteiger partial charge on any atom is 0.246 e. The molecule has 1 amide bonds. The molecule has 2 heterocycles. The number of piperidine rings is 1. The summed E-state index contributed by atoms with van der Waals surface area (Å²) in [6.07, 6.45) is 2.64. The number of carbonyl (C=O) groups excluding carboxylic acids is 1. The highest BCUT2D eigenvalue weighted by Gasteiger charge is 2.29. The Morgan fingerprint density at radius 1 is 1.17 bits per heavy atom. The van der Waals surface area contributed by atoms with Crippen LogP contribution in [0.2, 0.25) is 0 Å². The molecule has 0 spiro atoms. The van der Waals surface area contributed by atoms with Crippen LogP contribution < -0.4 is 15.4 Å². The van der Waals surface area contributed by atoms with Gasteiger partial charge in [-0.2, -0.15) is 4.31 Å². The van der Waals surface area contributed by atoms with Gasteiger partial charge in [0.15, 0.2) is 4.34 Å². The highest BCUT2D eigenvalue weighted by atomic mass is 32.2. The van der Waals surface area contributed by atoms with Crippen molar-refractivity contribution in [1.29, 1.82) is 0 Å². The zero-order valence-electron chi connectivity index (χ0n) is 18.9. The van der Waals surface area contributed by atoms with Gasteiger partial charge in [-0.15, -0.1) is 10.2 Å². The van der Waals surface area contributed by atoms with E-state index >= 15 is 0 Å². The number of sulfonamides is 1. The molecule has 2 N–H and O–H groups in total. The Balaban J connectivity index is 1.38. The maximum absolute atomic E-state index is 13.8. The first-order chi connectivity index (χ1) is 16.9. The van der Waals surface area contributed by atoms with Gasteiger partial charge in [-0.05, 0) is 43.2 Å². The number of aromatic nitrogens is 2. The Morgan fingerprint density at radius 2 is 1.94 bits per heavy atom. The Kier molecular flexibility index (Phi) is 8.21. The van der Waals surface area contributed by atoms with E-state index in [4.69, 9.17) is 4.74 Å². The number of amides is 1. The van der Waals surface area contributed by atoms with Gasteiger partial charge in [0.05, 0.1) is 18.6 Å². The summed E-state index contributed by atoms with van der Waals surface area (Å²) < 4.78 is 47.4. The lowest BCUT2D eigenvalue weighted by Crippen LogP contribution is -2.35. The van der Waals surface area contributed by atoms with Gasteiger partial charge in [0.1, 0.15) is 16.5 Å². The van der Waals surface area contributed by atoms with E-state index < -0.39 is 15.8 Å². The number of rotatable bonds is 9. The number of thioether (sulfide) groups is 1. The van der Waals surface area contributed by atoms with E-state index in [-0.39, 0.29) is 28.0 Å². The molecule has 0 saturated carbocycles. The first-order valence-electron chi connectivity index (χ1n) is 10.8. The van der Waals surface area contributed by atoms with Crippen molar-refractivity contribution in [3.8, 4) is 5.75 Å². The molecular weight excluding hydrogens is 513 g/mol. The zero-order valence-corrected chi connectivity index (χ0v) is 21.3. The predicted molar refractivity (Wildman–Crippen MR) is 135 cm³/mol. The predicted octanol–water partition coefficient (Wildman–Crippen LogP) is 4.33. The van der Waals surface area contributed by atoms with E-state index in [1.165, 1.54) is 52.7 Å². The number of hydrogen-bond acceptors (Lipinski definition) is 9. The number of halogens is 1. The average Bonchev–Trinajstić information content (AvgIpc) is 3.32. The van der Waals surface area contributed by atoms with Gasteiger partial charge in [0.25, 0.3) is 0 Å². The standard InChI is InChI=1S/C22H24FN5O4S3/c1-32-18-10-9-15(13-19(18)35(30,31)28-11-5-2-6-12-28)24-20(29)14-33-22-27-26-21(34-22)25-17-8-4-3-7-16(17)23/h3-4,7-10,13H,2,5-6,11-12,14H2,1H3,(H,24,29)(H,25,26). The Labute approximate surface area is 211 Å². The summed E-state index contributed by atoms with van der Waals surface area (Å²) in [4.78, 5) is 12.5. The summed E-state index contributed by atoms with van der Waals surface area (Å²) in [5, 5.41) is 14.0. The third-order valence-corrected chi connectivity index (χ3v) is 9.12. The van der Waals surface area contributed by atoms with Gasteiger partial charge in [0, 0.05) is 18.8 Å². The minimum Gasteiger partial charge on any atom is -0.495 e. The van der Waals surface area contributed by atoms with Crippen LogP contribution in [0.15, 0.2) is 51.7 Å². The monoisotopic (exact) mass is 537 g/mol. The summed E-state index contributed by atoms with van der Waals surface area (Å²) in [5.41, 5.74) is 0.638. The second-order valence-electron chi connectivity index (χ2n) is 7.65. The lowest BCUT2D eigenvalue weighted by atomic mass is 10.2. The van der Waals surface area contributed by atoms with Crippen molar-refractivity contribution in [2.24, 2.45) is 0 Å². The number of nitrogens with one attached hydrogen (secondary N) is 2. The van der Waals surface area contributed by atoms with E-state index in [1.54, 1.807) is 24.3 Å². The Bertz CT molecular complexity index is 1300. The highest BCUT2D eigenvalue weighted by molar-refractivity contribution is 8.01. The van der Waals surface area contributed by atoms with E-state index in [1.807, 2.05) is 0 Å². The van der Waals surface area contributed by atoms with Gasteiger partial charge < -0.3 is 15.4 Å². The molecule has 0 aliphatic carbocycles. The van der Waals surface area contributed by atoms with Gasteiger partial charge in [0.2, 0.25) is 21.1 Å². The fraction of sp³-hybridized carbons (Fsp3) is 0.318. The van der Waals surface area contributed by atoms with Crippen molar-refractivity contribution >= 4 is 55.5 Å². The second kappa shape index (κ2) is 11.3. The van der Waals surface area contributed by atoms with Crippen LogP contribution in [0.4, 0.5) is 20.9 Å². The van der Waals surface area contributed by atoms with Crippen molar-refractivity contribution in [1.82, 2.24) is 14.5 Å². The van der Waals surface area contributed by atoms with Crippen LogP contribution in [-0.4, -0.2) is 54.8 Å². The van der Waals surface area contributed by atoms with E-state index in [0.717, 1.165) is 19.3 Å². The summed E-state index contributed by atoms with van der Waals surface area (Å²) in [7, 11) is -2.33. The maximum atomic E-state index is 13.8. The molecule has 1 saturated heterocycles. The molecule has 1 fully saturated rings.